The van der Waals surface area contributed by atoms with E-state index in [1.165, 1.54) is 0 Å². The summed E-state index contributed by atoms with van der Waals surface area (Å²) in [6.45, 7) is 0. The first-order chi connectivity index (χ1) is 8.20. The van der Waals surface area contributed by atoms with E-state index in [1.54, 1.807) is 19.3 Å². The SMILES string of the molecule is COc1ccc(Br)c(CC2CCC=CC2=O)n1. The molecule has 0 aliphatic heterocycles. The predicted molar refractivity (Wildman–Crippen MR) is 69.1 cm³/mol. The maximum atomic E-state index is 11.7. The summed E-state index contributed by atoms with van der Waals surface area (Å²) in [5.41, 5.74) is 0.887. The average Bonchev–Trinajstić information content (AvgIpc) is 2.35. The molecule has 4 heteroatoms. The van der Waals surface area contributed by atoms with Gasteiger partial charge in [-0.2, -0.15) is 0 Å². The van der Waals surface area contributed by atoms with Crippen molar-refractivity contribution >= 4 is 21.7 Å². The van der Waals surface area contributed by atoms with Crippen molar-refractivity contribution < 1.29 is 9.53 Å². The Morgan fingerprint density at radius 2 is 2.35 bits per heavy atom. The Bertz CT molecular complexity index is 457. The van der Waals surface area contributed by atoms with Crippen LogP contribution in [0.2, 0.25) is 0 Å². The molecule has 17 heavy (non-hydrogen) atoms. The van der Waals surface area contributed by atoms with Gasteiger partial charge in [0.15, 0.2) is 5.78 Å². The van der Waals surface area contributed by atoms with Crippen LogP contribution in [-0.4, -0.2) is 17.9 Å². The third kappa shape index (κ3) is 2.94. The highest BCUT2D eigenvalue weighted by Crippen LogP contribution is 2.25. The number of methoxy groups -OCH3 is 1. The van der Waals surface area contributed by atoms with Gasteiger partial charge in [0, 0.05) is 22.9 Å². The van der Waals surface area contributed by atoms with E-state index < -0.39 is 0 Å². The quantitative estimate of drug-likeness (QED) is 0.861. The lowest BCUT2D eigenvalue weighted by atomic mass is 9.89. The van der Waals surface area contributed by atoms with Gasteiger partial charge in [-0.25, -0.2) is 4.98 Å². The van der Waals surface area contributed by atoms with Crippen LogP contribution < -0.4 is 4.74 Å². The van der Waals surface area contributed by atoms with Crippen LogP contribution in [0.3, 0.4) is 0 Å². The van der Waals surface area contributed by atoms with E-state index >= 15 is 0 Å². The molecule has 3 nitrogen and oxygen atoms in total. The van der Waals surface area contributed by atoms with E-state index in [4.69, 9.17) is 4.74 Å². The Labute approximate surface area is 109 Å². The lowest BCUT2D eigenvalue weighted by molar-refractivity contribution is -0.118. The topological polar surface area (TPSA) is 39.2 Å². The number of rotatable bonds is 3. The molecule has 0 radical (unpaired) electrons. The van der Waals surface area contributed by atoms with Crippen LogP contribution in [-0.2, 0) is 11.2 Å². The van der Waals surface area contributed by atoms with E-state index in [1.807, 2.05) is 12.1 Å². The number of allylic oxidation sites excluding steroid dienone is 2. The third-order valence-electron chi connectivity index (χ3n) is 2.91. The highest BCUT2D eigenvalue weighted by atomic mass is 79.9. The maximum Gasteiger partial charge on any atom is 0.213 e. The smallest absolute Gasteiger partial charge is 0.213 e. The molecule has 1 heterocycles. The Morgan fingerprint density at radius 1 is 1.53 bits per heavy atom. The van der Waals surface area contributed by atoms with Gasteiger partial charge in [-0.15, -0.1) is 0 Å². The first-order valence-corrected chi connectivity index (χ1v) is 6.40. The molecule has 0 N–H and O–H groups in total. The lowest BCUT2D eigenvalue weighted by Gasteiger charge is -2.16. The van der Waals surface area contributed by atoms with Crippen LogP contribution in [0, 0.1) is 5.92 Å². The Kier molecular flexibility index (Phi) is 3.94. The van der Waals surface area contributed by atoms with Gasteiger partial charge in [0.25, 0.3) is 0 Å². The number of carbonyl (C=O) groups is 1. The van der Waals surface area contributed by atoms with Gasteiger partial charge in [0.1, 0.15) is 0 Å². The zero-order valence-electron chi connectivity index (χ0n) is 9.65. The molecule has 1 unspecified atom stereocenters. The Morgan fingerprint density at radius 3 is 3.06 bits per heavy atom. The van der Waals surface area contributed by atoms with Crippen molar-refractivity contribution in [2.75, 3.05) is 7.11 Å². The molecule has 1 aliphatic rings. The number of aromatic nitrogens is 1. The first-order valence-electron chi connectivity index (χ1n) is 5.60. The lowest BCUT2D eigenvalue weighted by Crippen LogP contribution is -2.18. The van der Waals surface area contributed by atoms with Crippen molar-refractivity contribution in [2.24, 2.45) is 5.92 Å². The molecule has 2 rings (SSSR count). The molecule has 0 bridgehead atoms. The molecular weight excluding hydrogens is 282 g/mol. The minimum absolute atomic E-state index is 0.0518. The summed E-state index contributed by atoms with van der Waals surface area (Å²) in [5.74, 6) is 0.839. The highest BCUT2D eigenvalue weighted by molar-refractivity contribution is 9.10. The monoisotopic (exact) mass is 295 g/mol. The first kappa shape index (κ1) is 12.3. The zero-order valence-corrected chi connectivity index (χ0v) is 11.2. The minimum Gasteiger partial charge on any atom is -0.481 e. The van der Waals surface area contributed by atoms with Gasteiger partial charge in [-0.05, 0) is 40.9 Å². The summed E-state index contributed by atoms with van der Waals surface area (Å²) < 4.78 is 6.03. The molecule has 1 aromatic rings. The molecular formula is C13H14BrNO2. The number of nitrogens with zero attached hydrogens (tertiary/aromatic N) is 1. The summed E-state index contributed by atoms with van der Waals surface area (Å²) in [6, 6.07) is 3.71. The van der Waals surface area contributed by atoms with E-state index in [-0.39, 0.29) is 11.7 Å². The number of ketones is 1. The summed E-state index contributed by atoms with van der Waals surface area (Å²) >= 11 is 3.46. The molecule has 0 aromatic carbocycles. The third-order valence-corrected chi connectivity index (χ3v) is 3.63. The molecule has 1 atom stereocenters. The van der Waals surface area contributed by atoms with Crippen molar-refractivity contribution in [3.63, 3.8) is 0 Å². The number of ether oxygens (including phenoxy) is 1. The molecule has 0 saturated carbocycles. The number of pyridine rings is 1. The van der Waals surface area contributed by atoms with E-state index in [0.717, 1.165) is 23.0 Å². The zero-order chi connectivity index (χ0) is 12.3. The van der Waals surface area contributed by atoms with Crippen LogP contribution in [0.5, 0.6) is 5.88 Å². The van der Waals surface area contributed by atoms with E-state index in [0.29, 0.717) is 12.3 Å². The van der Waals surface area contributed by atoms with Crippen molar-refractivity contribution in [3.8, 4) is 5.88 Å². The molecule has 0 spiro atoms. The van der Waals surface area contributed by atoms with Crippen LogP contribution in [0.1, 0.15) is 18.5 Å². The number of hydrogen-bond acceptors (Lipinski definition) is 3. The molecule has 0 fully saturated rings. The molecule has 0 saturated heterocycles. The maximum absolute atomic E-state index is 11.7. The summed E-state index contributed by atoms with van der Waals surface area (Å²) in [6.07, 6.45) is 6.16. The van der Waals surface area contributed by atoms with Gasteiger partial charge in [-0.1, -0.05) is 6.08 Å². The second-order valence-corrected chi connectivity index (χ2v) is 4.92. The summed E-state index contributed by atoms with van der Waals surface area (Å²) in [4.78, 5) is 16.1. The minimum atomic E-state index is 0.0518. The highest BCUT2D eigenvalue weighted by Gasteiger charge is 2.20. The van der Waals surface area contributed by atoms with Crippen molar-refractivity contribution in [3.05, 3.63) is 34.5 Å². The van der Waals surface area contributed by atoms with Gasteiger partial charge in [0.05, 0.1) is 12.8 Å². The number of carbonyl (C=O) groups excluding carboxylic acids is 1. The molecule has 1 aromatic heterocycles. The normalized spacial score (nSPS) is 19.4. The molecule has 1 aliphatic carbocycles. The van der Waals surface area contributed by atoms with Crippen LogP contribution >= 0.6 is 15.9 Å². The van der Waals surface area contributed by atoms with Gasteiger partial charge in [0.2, 0.25) is 5.88 Å². The van der Waals surface area contributed by atoms with E-state index in [9.17, 15) is 4.79 Å². The Hall–Kier alpha value is -1.16. The fourth-order valence-electron chi connectivity index (χ4n) is 1.93. The standard InChI is InChI=1S/C13H14BrNO2/c1-17-13-7-6-10(14)11(15-13)8-9-4-2-3-5-12(9)16/h3,5-7,9H,2,4,8H2,1H3. The second-order valence-electron chi connectivity index (χ2n) is 4.07. The largest absolute Gasteiger partial charge is 0.481 e. The van der Waals surface area contributed by atoms with Gasteiger partial charge >= 0.3 is 0 Å². The average molecular weight is 296 g/mol. The number of hydrogen-bond donors (Lipinski definition) is 0. The van der Waals surface area contributed by atoms with Gasteiger partial charge < -0.3 is 4.74 Å². The van der Waals surface area contributed by atoms with Gasteiger partial charge in [-0.3, -0.25) is 4.79 Å². The number of halogens is 1. The second kappa shape index (κ2) is 5.45. The van der Waals surface area contributed by atoms with Crippen LogP contribution in [0.25, 0.3) is 0 Å². The molecule has 0 amide bonds. The fourth-order valence-corrected chi connectivity index (χ4v) is 2.32. The molecule has 90 valence electrons. The van der Waals surface area contributed by atoms with Crippen LogP contribution in [0.15, 0.2) is 28.8 Å². The summed E-state index contributed by atoms with van der Waals surface area (Å²) in [5, 5.41) is 0. The fraction of sp³-hybridized carbons (Fsp3) is 0.385. The Balaban J connectivity index is 2.17. The van der Waals surface area contributed by atoms with Crippen molar-refractivity contribution in [1.29, 1.82) is 0 Å². The van der Waals surface area contributed by atoms with Crippen molar-refractivity contribution in [1.82, 2.24) is 4.98 Å². The van der Waals surface area contributed by atoms with E-state index in [2.05, 4.69) is 20.9 Å². The summed E-state index contributed by atoms with van der Waals surface area (Å²) in [7, 11) is 1.59. The van der Waals surface area contributed by atoms with Crippen molar-refractivity contribution in [2.45, 2.75) is 19.3 Å². The van der Waals surface area contributed by atoms with Crippen LogP contribution in [0.4, 0.5) is 0 Å². The predicted octanol–water partition coefficient (Wildman–Crippen LogP) is 2.93.